The second kappa shape index (κ2) is 9.71. The minimum Gasteiger partial charge on any atom is -0.385 e. The van der Waals surface area contributed by atoms with Gasteiger partial charge in [0.2, 0.25) is 0 Å². The number of aromatic nitrogens is 3. The molecule has 32 heavy (non-hydrogen) atoms. The fourth-order valence-corrected chi connectivity index (χ4v) is 4.23. The monoisotopic (exact) mass is 454 g/mol. The number of nitrogens with one attached hydrogen (secondary N) is 1. The van der Waals surface area contributed by atoms with Crippen LogP contribution in [-0.4, -0.2) is 46.5 Å². The van der Waals surface area contributed by atoms with Crippen LogP contribution >= 0.6 is 11.6 Å². The van der Waals surface area contributed by atoms with E-state index in [-0.39, 0.29) is 0 Å². The number of nitrogens with two attached hydrogens (primary N) is 1. The molecule has 0 saturated heterocycles. The van der Waals surface area contributed by atoms with Crippen LogP contribution in [0, 0.1) is 5.82 Å². The fourth-order valence-electron chi connectivity index (χ4n) is 3.96. The molecule has 168 valence electrons. The summed E-state index contributed by atoms with van der Waals surface area (Å²) in [4.78, 5) is 11.0. The van der Waals surface area contributed by atoms with Crippen LogP contribution in [0.4, 0.5) is 15.9 Å². The lowest BCUT2D eigenvalue weighted by molar-refractivity contribution is 0.391. The van der Waals surface area contributed by atoms with Gasteiger partial charge in [0.15, 0.2) is 0 Å². The van der Waals surface area contributed by atoms with Gasteiger partial charge in [-0.25, -0.2) is 14.4 Å². The van der Waals surface area contributed by atoms with E-state index in [1.165, 1.54) is 18.9 Å². The third kappa shape index (κ3) is 4.64. The molecule has 4 aromatic rings. The molecular formula is C24H28ClFN6. The molecule has 0 radical (unpaired) electrons. The number of hydrogen-bond donors (Lipinski definition) is 2. The topological polar surface area (TPSA) is 71.5 Å². The minimum absolute atomic E-state index is 0.317. The van der Waals surface area contributed by atoms with E-state index in [9.17, 15) is 4.39 Å². The number of nitrogens with zero attached hydrogens (tertiary/aromatic N) is 4. The zero-order chi connectivity index (χ0) is 22.7. The maximum atomic E-state index is 14.8. The molecule has 0 unspecified atom stereocenters. The molecule has 0 amide bonds. The van der Waals surface area contributed by atoms with Crippen molar-refractivity contribution < 1.29 is 4.39 Å². The lowest BCUT2D eigenvalue weighted by atomic mass is 10.0. The van der Waals surface area contributed by atoms with Crippen LogP contribution in [0.3, 0.4) is 0 Å². The number of anilines is 2. The summed E-state index contributed by atoms with van der Waals surface area (Å²) >= 11 is 6.41. The number of fused-ring (bicyclic) bond motifs is 3. The van der Waals surface area contributed by atoms with Crippen molar-refractivity contribution in [3.63, 3.8) is 0 Å². The largest absolute Gasteiger partial charge is 0.385 e. The molecular weight excluding hydrogens is 427 g/mol. The van der Waals surface area contributed by atoms with Crippen LogP contribution in [0.25, 0.3) is 27.7 Å². The number of rotatable bonds is 9. The Bertz CT molecular complexity index is 1220. The Labute approximate surface area is 192 Å². The van der Waals surface area contributed by atoms with Gasteiger partial charge in [-0.3, -0.25) is 4.40 Å². The first-order valence-electron chi connectivity index (χ1n) is 10.8. The van der Waals surface area contributed by atoms with Gasteiger partial charge in [-0.1, -0.05) is 30.5 Å². The third-order valence-electron chi connectivity index (χ3n) is 5.58. The zero-order valence-electron chi connectivity index (χ0n) is 18.4. The van der Waals surface area contributed by atoms with Gasteiger partial charge in [-0.15, -0.1) is 0 Å². The molecule has 6 nitrogen and oxygen atoms in total. The molecule has 0 bridgehead atoms. The highest BCUT2D eigenvalue weighted by molar-refractivity contribution is 6.33. The number of hydrogen-bond acceptors (Lipinski definition) is 5. The van der Waals surface area contributed by atoms with Crippen molar-refractivity contribution in [3.05, 3.63) is 53.7 Å². The molecule has 0 fully saturated rings. The second-order valence-corrected chi connectivity index (χ2v) is 8.69. The summed E-state index contributed by atoms with van der Waals surface area (Å²) in [5.74, 6) is -0.0647. The number of halogens is 2. The van der Waals surface area contributed by atoms with Crippen molar-refractivity contribution in [2.45, 2.75) is 25.7 Å². The predicted octanol–water partition coefficient (Wildman–Crippen LogP) is 5.46. The average molecular weight is 455 g/mol. The lowest BCUT2D eigenvalue weighted by Crippen LogP contribution is -2.12. The Kier molecular flexibility index (Phi) is 6.77. The molecule has 0 atom stereocenters. The highest BCUT2D eigenvalue weighted by Crippen LogP contribution is 2.37. The van der Waals surface area contributed by atoms with E-state index in [1.54, 1.807) is 24.7 Å². The predicted molar refractivity (Wildman–Crippen MR) is 131 cm³/mol. The minimum atomic E-state index is -0.400. The highest BCUT2D eigenvalue weighted by atomic mass is 35.5. The lowest BCUT2D eigenvalue weighted by Gasteiger charge is -2.15. The van der Waals surface area contributed by atoms with Gasteiger partial charge in [0, 0.05) is 23.4 Å². The van der Waals surface area contributed by atoms with E-state index in [2.05, 4.69) is 34.3 Å². The van der Waals surface area contributed by atoms with Crippen molar-refractivity contribution in [2.24, 2.45) is 0 Å². The van der Waals surface area contributed by atoms with Gasteiger partial charge in [0.25, 0.3) is 0 Å². The molecule has 2 aromatic heterocycles. The zero-order valence-corrected chi connectivity index (χ0v) is 19.2. The normalized spacial score (nSPS) is 11.7. The van der Waals surface area contributed by atoms with Crippen LogP contribution in [0.5, 0.6) is 0 Å². The van der Waals surface area contributed by atoms with E-state index in [1.807, 2.05) is 16.5 Å². The second-order valence-electron chi connectivity index (χ2n) is 8.28. The first-order valence-corrected chi connectivity index (χ1v) is 11.2. The van der Waals surface area contributed by atoms with Crippen LogP contribution in [-0.2, 0) is 0 Å². The van der Waals surface area contributed by atoms with Crippen LogP contribution < -0.4 is 11.1 Å². The Balaban J connectivity index is 1.68. The van der Waals surface area contributed by atoms with Crippen molar-refractivity contribution in [1.82, 2.24) is 19.3 Å². The van der Waals surface area contributed by atoms with Gasteiger partial charge in [0.1, 0.15) is 17.2 Å². The molecule has 4 rings (SSSR count). The molecule has 0 spiro atoms. The molecule has 2 heterocycles. The van der Waals surface area contributed by atoms with Gasteiger partial charge >= 0.3 is 0 Å². The fraction of sp³-hybridized carbons (Fsp3) is 0.333. The summed E-state index contributed by atoms with van der Waals surface area (Å²) in [7, 11) is 4.20. The van der Waals surface area contributed by atoms with Crippen molar-refractivity contribution in [1.29, 1.82) is 0 Å². The SMILES string of the molecule is CN(C)CCCCCCNc1cc(-c2c(F)cccc2Cl)c2nc(N)c3cncn3c2c1. The number of benzene rings is 2. The maximum Gasteiger partial charge on any atom is 0.150 e. The molecule has 0 aliphatic heterocycles. The Morgan fingerprint density at radius 1 is 1.12 bits per heavy atom. The summed E-state index contributed by atoms with van der Waals surface area (Å²) in [5.41, 5.74) is 10.0. The first-order chi connectivity index (χ1) is 15.5. The van der Waals surface area contributed by atoms with Gasteiger partial charge in [-0.2, -0.15) is 0 Å². The molecule has 0 aliphatic carbocycles. The van der Waals surface area contributed by atoms with Crippen LogP contribution in [0.2, 0.25) is 5.02 Å². The van der Waals surface area contributed by atoms with Gasteiger partial charge in [0.05, 0.1) is 28.6 Å². The summed E-state index contributed by atoms with van der Waals surface area (Å²) in [6.07, 6.45) is 7.98. The summed E-state index contributed by atoms with van der Waals surface area (Å²) in [6, 6.07) is 8.57. The quantitative estimate of drug-likeness (QED) is 0.329. The molecule has 8 heteroatoms. The Hall–Kier alpha value is -2.90. The molecule has 0 saturated carbocycles. The summed E-state index contributed by atoms with van der Waals surface area (Å²) in [6.45, 7) is 1.94. The molecule has 3 N–H and O–H groups in total. The van der Waals surface area contributed by atoms with Gasteiger partial charge in [-0.05, 0) is 57.7 Å². The van der Waals surface area contributed by atoms with Crippen molar-refractivity contribution in [2.75, 3.05) is 38.2 Å². The number of imidazole rings is 1. The number of nitrogen functional groups attached to an aromatic ring is 1. The summed E-state index contributed by atoms with van der Waals surface area (Å²) < 4.78 is 16.7. The maximum absolute atomic E-state index is 14.8. The van der Waals surface area contributed by atoms with E-state index < -0.39 is 5.82 Å². The molecule has 2 aromatic carbocycles. The van der Waals surface area contributed by atoms with Gasteiger partial charge < -0.3 is 16.0 Å². The van der Waals surface area contributed by atoms with E-state index in [0.29, 0.717) is 33.0 Å². The van der Waals surface area contributed by atoms with Crippen LogP contribution in [0.1, 0.15) is 25.7 Å². The smallest absolute Gasteiger partial charge is 0.150 e. The van der Waals surface area contributed by atoms with E-state index in [0.717, 1.165) is 37.1 Å². The first kappa shape index (κ1) is 22.3. The van der Waals surface area contributed by atoms with Crippen molar-refractivity contribution >= 4 is 39.7 Å². The summed E-state index contributed by atoms with van der Waals surface area (Å²) in [5, 5.41) is 3.82. The van der Waals surface area contributed by atoms with E-state index >= 15 is 0 Å². The Morgan fingerprint density at radius 2 is 1.94 bits per heavy atom. The highest BCUT2D eigenvalue weighted by Gasteiger charge is 2.18. The molecule has 0 aliphatic rings. The average Bonchev–Trinajstić information content (AvgIpc) is 3.24. The van der Waals surface area contributed by atoms with Crippen molar-refractivity contribution in [3.8, 4) is 11.1 Å². The Morgan fingerprint density at radius 3 is 2.72 bits per heavy atom. The standard InChI is InChI=1S/C24H28ClFN6/c1-31(2)11-6-4-3-5-10-29-16-12-17(22-18(25)8-7-9-19(22)26)23-20(13-16)32-15-28-14-21(32)24(27)30-23/h7-9,12-15,29H,3-6,10-11H2,1-2H3,(H2,27,30). The number of unbranched alkanes of at least 4 members (excludes halogenated alkanes) is 3. The third-order valence-corrected chi connectivity index (χ3v) is 5.89. The van der Waals surface area contributed by atoms with Crippen LogP contribution in [0.15, 0.2) is 42.9 Å². The van der Waals surface area contributed by atoms with E-state index in [4.69, 9.17) is 17.3 Å².